The van der Waals surface area contributed by atoms with Crippen molar-refractivity contribution < 1.29 is 0 Å². The molecule has 20 heavy (non-hydrogen) atoms. The van der Waals surface area contributed by atoms with Gasteiger partial charge in [0.05, 0.1) is 0 Å². The smallest absolute Gasteiger partial charge is 0.127 e. The van der Waals surface area contributed by atoms with Gasteiger partial charge in [-0.15, -0.1) is 11.1 Å². The zero-order valence-corrected chi connectivity index (χ0v) is 15.5. The molecule has 0 saturated heterocycles. The molecule has 0 fully saturated rings. The van der Waals surface area contributed by atoms with Gasteiger partial charge in [0.2, 0.25) is 0 Å². The van der Waals surface area contributed by atoms with Gasteiger partial charge >= 0.3 is 0 Å². The Labute approximate surface area is 126 Å². The Bertz CT molecular complexity index is 618. The van der Waals surface area contributed by atoms with Crippen LogP contribution in [0.4, 0.5) is 0 Å². The summed E-state index contributed by atoms with van der Waals surface area (Å²) in [5, 5.41) is 0. The first-order chi connectivity index (χ1) is 9.11. The van der Waals surface area contributed by atoms with Gasteiger partial charge < -0.3 is 0 Å². The lowest BCUT2D eigenvalue weighted by Gasteiger charge is -2.06. The lowest BCUT2D eigenvalue weighted by atomic mass is 10.1. The van der Waals surface area contributed by atoms with Gasteiger partial charge in [-0.3, -0.25) is 0 Å². The summed E-state index contributed by atoms with van der Waals surface area (Å²) in [6, 6.07) is 6.22. The lowest BCUT2D eigenvalue weighted by Crippen LogP contribution is -2.16. The van der Waals surface area contributed by atoms with Crippen LogP contribution in [0.15, 0.2) is 24.8 Å². The van der Waals surface area contributed by atoms with E-state index in [0.29, 0.717) is 0 Å². The molecule has 0 aliphatic heterocycles. The van der Waals surface area contributed by atoms with Crippen molar-refractivity contribution in [1.29, 1.82) is 0 Å². The predicted molar refractivity (Wildman–Crippen MR) is 97.0 cm³/mol. The van der Waals surface area contributed by atoms with Gasteiger partial charge in [0.25, 0.3) is 0 Å². The average molecular weight is 297 g/mol. The minimum atomic E-state index is -1.38. The third-order valence-corrected chi connectivity index (χ3v) is 4.17. The monoisotopic (exact) mass is 296 g/mol. The number of rotatable bonds is 1. The fraction of sp³-hybridized carbons (Fsp3) is 0.333. The summed E-state index contributed by atoms with van der Waals surface area (Å²) in [4.78, 5) is 0. The van der Waals surface area contributed by atoms with Gasteiger partial charge in [-0.2, -0.15) is 0 Å². The van der Waals surface area contributed by atoms with E-state index >= 15 is 0 Å². The summed E-state index contributed by atoms with van der Waals surface area (Å²) in [5.41, 5.74) is 10.0. The maximum Gasteiger partial charge on any atom is 0.129 e. The van der Waals surface area contributed by atoms with Crippen LogP contribution in [0.1, 0.15) is 16.7 Å². The molecule has 1 aromatic carbocycles. The van der Waals surface area contributed by atoms with Crippen LogP contribution >= 0.6 is 0 Å². The fourth-order valence-corrected chi connectivity index (χ4v) is 2.43. The summed E-state index contributed by atoms with van der Waals surface area (Å²) >= 11 is 0. The maximum atomic E-state index is 3.83. The third kappa shape index (κ3) is 6.11. The largest absolute Gasteiger partial charge is 0.129 e. The first-order valence-corrected chi connectivity index (χ1v) is 13.9. The average Bonchev–Trinajstić information content (AvgIpc) is 2.32. The van der Waals surface area contributed by atoms with Crippen LogP contribution in [-0.2, 0) is 0 Å². The fourth-order valence-electron chi connectivity index (χ4n) is 1.41. The Morgan fingerprint density at radius 2 is 1.35 bits per heavy atom. The highest BCUT2D eigenvalue weighted by Crippen LogP contribution is 2.12. The topological polar surface area (TPSA) is 0 Å². The molecule has 0 aliphatic rings. The van der Waals surface area contributed by atoms with Gasteiger partial charge in [-0.1, -0.05) is 69.8 Å². The minimum Gasteiger partial charge on any atom is -0.127 e. The highest BCUT2D eigenvalue weighted by molar-refractivity contribution is 6.84. The summed E-state index contributed by atoms with van der Waals surface area (Å²) < 4.78 is 0. The molecule has 0 atom stereocenters. The van der Waals surface area contributed by atoms with E-state index in [9.17, 15) is 0 Å². The van der Waals surface area contributed by atoms with Crippen LogP contribution in [0.2, 0.25) is 39.3 Å². The molecule has 0 aliphatic carbocycles. The highest BCUT2D eigenvalue weighted by Gasteiger charge is 2.09. The SMILES string of the molecule is C=Cc1ccc(C#C[Si](C)(C)C)c(C#C[Si](C)(C)C)c1. The molecule has 0 unspecified atom stereocenters. The molecule has 0 amide bonds. The quantitative estimate of drug-likeness (QED) is 0.516. The highest BCUT2D eigenvalue weighted by atomic mass is 28.3. The maximum absolute atomic E-state index is 3.83. The molecule has 0 heterocycles. The molecular weight excluding hydrogens is 272 g/mol. The van der Waals surface area contributed by atoms with Gasteiger partial charge in [-0.05, 0) is 17.7 Å². The summed E-state index contributed by atoms with van der Waals surface area (Å²) in [6.07, 6.45) is 1.86. The normalized spacial score (nSPS) is 10.9. The van der Waals surface area contributed by atoms with E-state index in [2.05, 4.69) is 87.0 Å². The van der Waals surface area contributed by atoms with Crippen LogP contribution in [0.5, 0.6) is 0 Å². The van der Waals surface area contributed by atoms with Crippen molar-refractivity contribution >= 4 is 22.2 Å². The summed E-state index contributed by atoms with van der Waals surface area (Å²) in [5.74, 6) is 6.67. The Balaban J connectivity index is 3.32. The number of hydrogen-bond acceptors (Lipinski definition) is 0. The summed E-state index contributed by atoms with van der Waals surface area (Å²) in [6.45, 7) is 17.4. The Morgan fingerprint density at radius 3 is 1.80 bits per heavy atom. The van der Waals surface area contributed by atoms with Crippen LogP contribution in [0, 0.1) is 22.9 Å². The third-order valence-electron chi connectivity index (χ3n) is 2.42. The molecule has 0 radical (unpaired) electrons. The Hall–Kier alpha value is -1.49. The molecular formula is C18H24Si2. The van der Waals surface area contributed by atoms with E-state index in [0.717, 1.165) is 16.7 Å². The van der Waals surface area contributed by atoms with Crippen LogP contribution in [0.3, 0.4) is 0 Å². The molecule has 1 aromatic rings. The Kier molecular flexibility index (Phi) is 5.23. The lowest BCUT2D eigenvalue weighted by molar-refractivity contribution is 1.56. The Morgan fingerprint density at radius 1 is 0.850 bits per heavy atom. The van der Waals surface area contributed by atoms with Gasteiger partial charge in [0.15, 0.2) is 0 Å². The zero-order valence-electron chi connectivity index (χ0n) is 13.5. The number of hydrogen-bond donors (Lipinski definition) is 0. The van der Waals surface area contributed by atoms with E-state index in [-0.39, 0.29) is 0 Å². The zero-order chi connectivity index (χ0) is 15.4. The molecule has 0 spiro atoms. The van der Waals surface area contributed by atoms with Crippen molar-refractivity contribution in [2.24, 2.45) is 0 Å². The van der Waals surface area contributed by atoms with E-state index in [4.69, 9.17) is 0 Å². The van der Waals surface area contributed by atoms with Crippen molar-refractivity contribution in [3.05, 3.63) is 41.5 Å². The molecule has 1 rings (SSSR count). The van der Waals surface area contributed by atoms with Crippen molar-refractivity contribution in [1.82, 2.24) is 0 Å². The molecule has 0 N–H and O–H groups in total. The van der Waals surface area contributed by atoms with Crippen LogP contribution in [0.25, 0.3) is 6.08 Å². The molecule has 0 bridgehead atoms. The van der Waals surface area contributed by atoms with Crippen molar-refractivity contribution in [2.45, 2.75) is 39.3 Å². The molecule has 2 heteroatoms. The van der Waals surface area contributed by atoms with Crippen LogP contribution < -0.4 is 0 Å². The summed E-state index contributed by atoms with van der Waals surface area (Å²) in [7, 11) is -2.74. The van der Waals surface area contributed by atoms with Crippen LogP contribution in [-0.4, -0.2) is 16.1 Å². The van der Waals surface area contributed by atoms with Crippen molar-refractivity contribution in [3.63, 3.8) is 0 Å². The first kappa shape index (κ1) is 16.6. The second-order valence-corrected chi connectivity index (χ2v) is 16.5. The minimum absolute atomic E-state index is 1.04. The molecule has 104 valence electrons. The number of benzene rings is 1. The molecule has 0 nitrogen and oxygen atoms in total. The standard InChI is InChI=1S/C18H24Si2/c1-8-16-9-10-17(11-13-19(2,3)4)18(15-16)12-14-20(5,6)7/h8-10,15H,1H2,2-7H3. The van der Waals surface area contributed by atoms with E-state index < -0.39 is 16.1 Å². The van der Waals surface area contributed by atoms with Gasteiger partial charge in [-0.25, -0.2) is 0 Å². The van der Waals surface area contributed by atoms with Crippen molar-refractivity contribution in [2.75, 3.05) is 0 Å². The second kappa shape index (κ2) is 6.31. The van der Waals surface area contributed by atoms with Gasteiger partial charge in [0.1, 0.15) is 16.1 Å². The van der Waals surface area contributed by atoms with Gasteiger partial charge in [0, 0.05) is 11.1 Å². The van der Waals surface area contributed by atoms with Crippen molar-refractivity contribution in [3.8, 4) is 22.9 Å². The van der Waals surface area contributed by atoms with E-state index in [1.165, 1.54) is 0 Å². The molecule has 0 saturated carbocycles. The first-order valence-electron chi connectivity index (χ1n) is 6.93. The second-order valence-electron chi connectivity index (χ2n) is 7.01. The predicted octanol–water partition coefficient (Wildman–Crippen LogP) is 4.79. The van der Waals surface area contributed by atoms with E-state index in [1.54, 1.807) is 0 Å². The molecule has 0 aromatic heterocycles. The van der Waals surface area contributed by atoms with E-state index in [1.807, 2.05) is 6.08 Å².